The van der Waals surface area contributed by atoms with E-state index in [4.69, 9.17) is 0 Å². The molecule has 2 rings (SSSR count). The molecule has 1 aliphatic rings. The summed E-state index contributed by atoms with van der Waals surface area (Å²) in [7, 11) is 0. The minimum absolute atomic E-state index is 0. The van der Waals surface area contributed by atoms with E-state index in [1.807, 2.05) is 6.20 Å². The largest absolute Gasteiger partial charge is 0.351 e. The third-order valence-corrected chi connectivity index (χ3v) is 2.69. The lowest BCUT2D eigenvalue weighted by atomic mass is 10.2. The lowest BCUT2D eigenvalue weighted by Crippen LogP contribution is -2.50. The average molecular weight is 228 g/mol. The van der Waals surface area contributed by atoms with Crippen LogP contribution in [-0.2, 0) is 0 Å². The Labute approximate surface area is 97.3 Å². The zero-order chi connectivity index (χ0) is 9.97. The van der Waals surface area contributed by atoms with E-state index in [9.17, 15) is 0 Å². The Morgan fingerprint density at radius 1 is 1.47 bits per heavy atom. The first-order valence-electron chi connectivity index (χ1n) is 5.17. The molecule has 1 unspecified atom stereocenters. The quantitative estimate of drug-likeness (QED) is 0.790. The first-order valence-corrected chi connectivity index (χ1v) is 5.17. The van der Waals surface area contributed by atoms with Crippen molar-refractivity contribution in [3.05, 3.63) is 23.9 Å². The van der Waals surface area contributed by atoms with Crippen LogP contribution in [0.25, 0.3) is 0 Å². The van der Waals surface area contributed by atoms with Crippen LogP contribution in [0.3, 0.4) is 0 Å². The van der Waals surface area contributed by atoms with Gasteiger partial charge in [-0.3, -0.25) is 0 Å². The van der Waals surface area contributed by atoms with E-state index in [0.717, 1.165) is 25.5 Å². The Kier molecular flexibility index (Phi) is 4.36. The molecule has 4 heteroatoms. The van der Waals surface area contributed by atoms with Crippen molar-refractivity contribution in [2.75, 3.05) is 24.5 Å². The normalized spacial score (nSPS) is 20.9. The predicted molar refractivity (Wildman–Crippen MR) is 65.9 cm³/mol. The molecular formula is C11H18ClN3. The Morgan fingerprint density at radius 3 is 2.87 bits per heavy atom. The first-order chi connectivity index (χ1) is 6.77. The summed E-state index contributed by atoms with van der Waals surface area (Å²) in [5, 5.41) is 3.38. The fourth-order valence-electron chi connectivity index (χ4n) is 1.81. The molecule has 2 heterocycles. The van der Waals surface area contributed by atoms with E-state index in [-0.39, 0.29) is 12.4 Å². The monoisotopic (exact) mass is 227 g/mol. The minimum atomic E-state index is 0. The van der Waals surface area contributed by atoms with Gasteiger partial charge in [0.25, 0.3) is 0 Å². The maximum atomic E-state index is 4.45. The molecular weight excluding hydrogens is 210 g/mol. The van der Waals surface area contributed by atoms with Crippen molar-refractivity contribution in [3.63, 3.8) is 0 Å². The molecule has 1 saturated heterocycles. The molecule has 0 spiro atoms. The Bertz CT molecular complexity index is 299. The lowest BCUT2D eigenvalue weighted by molar-refractivity contribution is 0.497. The van der Waals surface area contributed by atoms with Crippen molar-refractivity contribution in [2.45, 2.75) is 19.9 Å². The molecule has 1 atom stereocenters. The number of nitrogens with one attached hydrogen (secondary N) is 1. The van der Waals surface area contributed by atoms with Gasteiger partial charge >= 0.3 is 0 Å². The maximum absolute atomic E-state index is 4.45. The summed E-state index contributed by atoms with van der Waals surface area (Å²) in [4.78, 5) is 6.81. The van der Waals surface area contributed by atoms with E-state index in [1.165, 1.54) is 5.56 Å². The highest BCUT2D eigenvalue weighted by Crippen LogP contribution is 2.15. The van der Waals surface area contributed by atoms with Crippen LogP contribution in [0.2, 0.25) is 0 Å². The van der Waals surface area contributed by atoms with Crippen molar-refractivity contribution in [1.82, 2.24) is 10.3 Å². The number of rotatable bonds is 1. The summed E-state index contributed by atoms with van der Waals surface area (Å²) in [5.74, 6) is 1.10. The SMILES string of the molecule is Cc1ccc(N2CCNCC2C)nc1.Cl. The Balaban J connectivity index is 0.00000112. The zero-order valence-corrected chi connectivity index (χ0v) is 10.0. The van der Waals surface area contributed by atoms with Gasteiger partial charge in [0, 0.05) is 31.9 Å². The highest BCUT2D eigenvalue weighted by molar-refractivity contribution is 5.85. The third kappa shape index (κ3) is 2.83. The molecule has 1 aliphatic heterocycles. The summed E-state index contributed by atoms with van der Waals surface area (Å²) in [6, 6.07) is 4.77. The molecule has 0 saturated carbocycles. The molecule has 0 aromatic carbocycles. The van der Waals surface area contributed by atoms with Crippen LogP contribution in [0.4, 0.5) is 5.82 Å². The number of hydrogen-bond acceptors (Lipinski definition) is 3. The van der Waals surface area contributed by atoms with E-state index in [0.29, 0.717) is 6.04 Å². The van der Waals surface area contributed by atoms with Gasteiger partial charge in [-0.05, 0) is 25.5 Å². The number of halogens is 1. The summed E-state index contributed by atoms with van der Waals surface area (Å²) < 4.78 is 0. The minimum Gasteiger partial charge on any atom is -0.351 e. The summed E-state index contributed by atoms with van der Waals surface area (Å²) in [6.45, 7) is 7.46. The summed E-state index contributed by atoms with van der Waals surface area (Å²) in [6.07, 6.45) is 1.93. The molecule has 3 nitrogen and oxygen atoms in total. The van der Waals surface area contributed by atoms with E-state index in [2.05, 4.69) is 41.2 Å². The number of pyridine rings is 1. The molecule has 1 aromatic heterocycles. The number of aromatic nitrogens is 1. The average Bonchev–Trinajstić information content (AvgIpc) is 2.20. The lowest BCUT2D eigenvalue weighted by Gasteiger charge is -2.34. The van der Waals surface area contributed by atoms with Gasteiger partial charge < -0.3 is 10.2 Å². The van der Waals surface area contributed by atoms with E-state index >= 15 is 0 Å². The molecule has 0 aliphatic carbocycles. The van der Waals surface area contributed by atoms with Crippen LogP contribution in [0.1, 0.15) is 12.5 Å². The van der Waals surface area contributed by atoms with Crippen molar-refractivity contribution in [2.24, 2.45) is 0 Å². The topological polar surface area (TPSA) is 28.2 Å². The second-order valence-electron chi connectivity index (χ2n) is 3.94. The predicted octanol–water partition coefficient (Wildman–Crippen LogP) is 1.61. The fraction of sp³-hybridized carbons (Fsp3) is 0.545. The van der Waals surface area contributed by atoms with Gasteiger partial charge in [0.2, 0.25) is 0 Å². The van der Waals surface area contributed by atoms with E-state index < -0.39 is 0 Å². The van der Waals surface area contributed by atoms with Crippen LogP contribution in [0.15, 0.2) is 18.3 Å². The second kappa shape index (κ2) is 5.33. The van der Waals surface area contributed by atoms with Gasteiger partial charge in [0.15, 0.2) is 0 Å². The number of nitrogens with zero attached hydrogens (tertiary/aromatic N) is 2. The molecule has 1 fully saturated rings. The molecule has 0 radical (unpaired) electrons. The molecule has 0 bridgehead atoms. The third-order valence-electron chi connectivity index (χ3n) is 2.69. The van der Waals surface area contributed by atoms with Gasteiger partial charge in [-0.25, -0.2) is 4.98 Å². The van der Waals surface area contributed by atoms with Crippen molar-refractivity contribution in [1.29, 1.82) is 0 Å². The van der Waals surface area contributed by atoms with Gasteiger partial charge in [-0.2, -0.15) is 0 Å². The maximum Gasteiger partial charge on any atom is 0.128 e. The standard InChI is InChI=1S/C11H17N3.ClH/c1-9-3-4-11(13-7-9)14-6-5-12-8-10(14)2;/h3-4,7,10,12H,5-6,8H2,1-2H3;1H. The summed E-state index contributed by atoms with van der Waals surface area (Å²) >= 11 is 0. The van der Waals surface area contributed by atoms with Crippen LogP contribution in [0, 0.1) is 6.92 Å². The second-order valence-corrected chi connectivity index (χ2v) is 3.94. The fourth-order valence-corrected chi connectivity index (χ4v) is 1.81. The highest BCUT2D eigenvalue weighted by atomic mass is 35.5. The molecule has 1 aromatic rings. The molecule has 0 amide bonds. The Hall–Kier alpha value is -0.800. The van der Waals surface area contributed by atoms with Gasteiger partial charge in [0.05, 0.1) is 0 Å². The zero-order valence-electron chi connectivity index (χ0n) is 9.23. The van der Waals surface area contributed by atoms with Crippen molar-refractivity contribution in [3.8, 4) is 0 Å². The highest BCUT2D eigenvalue weighted by Gasteiger charge is 2.18. The smallest absolute Gasteiger partial charge is 0.128 e. The number of aryl methyl sites for hydroxylation is 1. The van der Waals surface area contributed by atoms with Crippen molar-refractivity contribution >= 4 is 18.2 Å². The van der Waals surface area contributed by atoms with Gasteiger partial charge in [-0.15, -0.1) is 12.4 Å². The molecule has 84 valence electrons. The summed E-state index contributed by atoms with van der Waals surface area (Å²) in [5.41, 5.74) is 1.22. The number of anilines is 1. The number of hydrogen-bond donors (Lipinski definition) is 1. The molecule has 15 heavy (non-hydrogen) atoms. The Morgan fingerprint density at radius 2 is 2.27 bits per heavy atom. The van der Waals surface area contributed by atoms with Crippen LogP contribution < -0.4 is 10.2 Å². The van der Waals surface area contributed by atoms with Crippen LogP contribution in [0.5, 0.6) is 0 Å². The van der Waals surface area contributed by atoms with Crippen LogP contribution in [-0.4, -0.2) is 30.7 Å². The van der Waals surface area contributed by atoms with Gasteiger partial charge in [0.1, 0.15) is 5.82 Å². The first kappa shape index (κ1) is 12.3. The van der Waals surface area contributed by atoms with Gasteiger partial charge in [-0.1, -0.05) is 6.07 Å². The molecule has 1 N–H and O–H groups in total. The van der Waals surface area contributed by atoms with Crippen LogP contribution >= 0.6 is 12.4 Å². The van der Waals surface area contributed by atoms with Crippen molar-refractivity contribution < 1.29 is 0 Å². The number of piperazine rings is 1. The van der Waals surface area contributed by atoms with E-state index in [1.54, 1.807) is 0 Å².